The largest absolute Gasteiger partial charge is 0.507 e. The summed E-state index contributed by atoms with van der Waals surface area (Å²) in [5, 5.41) is 9.36. The number of aromatic hydroxyl groups is 1. The Morgan fingerprint density at radius 2 is 2.15 bits per heavy atom. The number of carbonyl (C=O) groups excluding carboxylic acids is 1. The van der Waals surface area contributed by atoms with Crippen molar-refractivity contribution in [3.63, 3.8) is 0 Å². The number of anilines is 1. The van der Waals surface area contributed by atoms with Gasteiger partial charge >= 0.3 is 0 Å². The molecule has 0 atom stereocenters. The second-order valence-corrected chi connectivity index (χ2v) is 2.67. The lowest BCUT2D eigenvalue weighted by atomic mass is 10.1. The minimum atomic E-state index is -0.230. The molecule has 0 aromatic heterocycles. The quantitative estimate of drug-likeness (QED) is 0.408. The topological polar surface area (TPSA) is 72.5 Å². The summed E-state index contributed by atoms with van der Waals surface area (Å²) in [6.07, 6.45) is 0. The van der Waals surface area contributed by atoms with E-state index in [2.05, 4.69) is 0 Å². The third kappa shape index (κ3) is 1.72. The molecule has 0 radical (unpaired) electrons. The van der Waals surface area contributed by atoms with E-state index < -0.39 is 0 Å². The Hall–Kier alpha value is -1.71. The minimum Gasteiger partial charge on any atom is -0.507 e. The molecule has 0 heterocycles. The molecule has 0 spiro atoms. The van der Waals surface area contributed by atoms with Crippen LogP contribution in [0.5, 0.6) is 11.5 Å². The Labute approximate surface area is 75.9 Å². The zero-order valence-corrected chi connectivity index (χ0v) is 7.50. The van der Waals surface area contributed by atoms with Crippen LogP contribution in [0.4, 0.5) is 5.69 Å². The Morgan fingerprint density at radius 3 is 2.62 bits per heavy atom. The molecular weight excluding hydrogens is 170 g/mol. The van der Waals surface area contributed by atoms with Gasteiger partial charge in [0.15, 0.2) is 5.78 Å². The van der Waals surface area contributed by atoms with Crippen LogP contribution >= 0.6 is 0 Å². The van der Waals surface area contributed by atoms with Crippen LogP contribution in [0.2, 0.25) is 0 Å². The van der Waals surface area contributed by atoms with Crippen molar-refractivity contribution in [1.82, 2.24) is 0 Å². The summed E-state index contributed by atoms with van der Waals surface area (Å²) in [6.45, 7) is 1.36. The van der Waals surface area contributed by atoms with E-state index in [1.54, 1.807) is 0 Å². The Morgan fingerprint density at radius 1 is 1.54 bits per heavy atom. The Bertz CT molecular complexity index is 347. The number of Topliss-reactive ketones (excluding diaryl/α,β-unsaturated/α-hetero) is 1. The van der Waals surface area contributed by atoms with E-state index in [1.807, 2.05) is 0 Å². The molecule has 0 bridgehead atoms. The van der Waals surface area contributed by atoms with Crippen LogP contribution in [0.25, 0.3) is 0 Å². The standard InChI is InChI=1S/C9H11NO3/c1-5(11)6-3-7(10)9(13-2)4-8(6)12/h3-4,12H,10H2,1-2H3. The molecule has 0 unspecified atom stereocenters. The SMILES string of the molecule is COc1cc(O)c(C(C)=O)cc1N. The molecule has 1 aromatic carbocycles. The zero-order valence-electron chi connectivity index (χ0n) is 7.50. The number of hydrogen-bond acceptors (Lipinski definition) is 4. The van der Waals surface area contributed by atoms with Gasteiger partial charge in [0.2, 0.25) is 0 Å². The fraction of sp³-hybridized carbons (Fsp3) is 0.222. The maximum atomic E-state index is 11.0. The number of hydrogen-bond donors (Lipinski definition) is 2. The number of benzene rings is 1. The molecule has 0 aliphatic carbocycles. The predicted molar refractivity (Wildman–Crippen MR) is 49.1 cm³/mol. The van der Waals surface area contributed by atoms with Crippen LogP contribution in [0.3, 0.4) is 0 Å². The van der Waals surface area contributed by atoms with Gasteiger partial charge in [-0.1, -0.05) is 0 Å². The Balaban J connectivity index is 3.28. The van der Waals surface area contributed by atoms with Crippen molar-refractivity contribution in [2.75, 3.05) is 12.8 Å². The van der Waals surface area contributed by atoms with Crippen molar-refractivity contribution in [2.45, 2.75) is 6.92 Å². The summed E-state index contributed by atoms with van der Waals surface area (Å²) < 4.78 is 4.86. The minimum absolute atomic E-state index is 0.112. The average Bonchev–Trinajstić information content (AvgIpc) is 2.07. The van der Waals surface area contributed by atoms with Crippen molar-refractivity contribution in [1.29, 1.82) is 0 Å². The van der Waals surface area contributed by atoms with Gasteiger partial charge < -0.3 is 15.6 Å². The smallest absolute Gasteiger partial charge is 0.163 e. The van der Waals surface area contributed by atoms with Gasteiger partial charge in [-0.05, 0) is 13.0 Å². The average molecular weight is 181 g/mol. The van der Waals surface area contributed by atoms with Gasteiger partial charge in [0.1, 0.15) is 11.5 Å². The third-order valence-corrected chi connectivity index (χ3v) is 1.73. The molecular formula is C9H11NO3. The maximum Gasteiger partial charge on any atom is 0.163 e. The first-order chi connectivity index (χ1) is 6.06. The van der Waals surface area contributed by atoms with Crippen LogP contribution in [-0.2, 0) is 0 Å². The molecule has 1 rings (SSSR count). The molecule has 0 amide bonds. The monoisotopic (exact) mass is 181 g/mol. The van der Waals surface area contributed by atoms with Gasteiger partial charge in [0, 0.05) is 6.07 Å². The maximum absolute atomic E-state index is 11.0. The molecule has 0 saturated carbocycles. The van der Waals surface area contributed by atoms with E-state index in [4.69, 9.17) is 10.5 Å². The molecule has 3 N–H and O–H groups in total. The molecule has 70 valence electrons. The molecule has 1 aromatic rings. The van der Waals surface area contributed by atoms with E-state index in [0.29, 0.717) is 11.4 Å². The van der Waals surface area contributed by atoms with E-state index in [1.165, 1.54) is 26.2 Å². The van der Waals surface area contributed by atoms with Gasteiger partial charge in [-0.15, -0.1) is 0 Å². The lowest BCUT2D eigenvalue weighted by Crippen LogP contribution is -1.98. The summed E-state index contributed by atoms with van der Waals surface area (Å²) >= 11 is 0. The number of phenols is 1. The van der Waals surface area contributed by atoms with Crippen molar-refractivity contribution < 1.29 is 14.6 Å². The van der Waals surface area contributed by atoms with Gasteiger partial charge in [-0.2, -0.15) is 0 Å². The summed E-state index contributed by atoms with van der Waals surface area (Å²) in [5.74, 6) is 0.0212. The first kappa shape index (κ1) is 9.38. The highest BCUT2D eigenvalue weighted by molar-refractivity contribution is 5.98. The highest BCUT2D eigenvalue weighted by Crippen LogP contribution is 2.30. The normalized spacial score (nSPS) is 9.69. The second-order valence-electron chi connectivity index (χ2n) is 2.67. The van der Waals surface area contributed by atoms with Gasteiger partial charge in [-0.3, -0.25) is 4.79 Å². The summed E-state index contributed by atoms with van der Waals surface area (Å²) in [6, 6.07) is 2.72. The van der Waals surface area contributed by atoms with E-state index in [9.17, 15) is 9.90 Å². The molecule has 0 saturated heterocycles. The van der Waals surface area contributed by atoms with Crippen molar-refractivity contribution in [3.05, 3.63) is 17.7 Å². The fourth-order valence-electron chi connectivity index (χ4n) is 1.04. The van der Waals surface area contributed by atoms with Gasteiger partial charge in [0.25, 0.3) is 0 Å². The molecule has 4 nitrogen and oxygen atoms in total. The number of ketones is 1. The number of nitrogens with two attached hydrogens (primary N) is 1. The summed E-state index contributed by atoms with van der Waals surface area (Å²) in [5.41, 5.74) is 6.10. The van der Waals surface area contributed by atoms with Crippen LogP contribution in [0.15, 0.2) is 12.1 Å². The first-order valence-corrected chi connectivity index (χ1v) is 3.73. The molecule has 0 aliphatic rings. The van der Waals surface area contributed by atoms with Crippen molar-refractivity contribution in [2.24, 2.45) is 0 Å². The summed E-state index contributed by atoms with van der Waals surface area (Å²) in [4.78, 5) is 11.0. The van der Waals surface area contributed by atoms with E-state index >= 15 is 0 Å². The lowest BCUT2D eigenvalue weighted by molar-refractivity contribution is 0.101. The fourth-order valence-corrected chi connectivity index (χ4v) is 1.04. The first-order valence-electron chi connectivity index (χ1n) is 3.73. The predicted octanol–water partition coefficient (Wildman–Crippen LogP) is 1.19. The van der Waals surface area contributed by atoms with Crippen LogP contribution in [0.1, 0.15) is 17.3 Å². The highest BCUT2D eigenvalue weighted by atomic mass is 16.5. The number of ether oxygens (including phenoxy) is 1. The molecule has 13 heavy (non-hydrogen) atoms. The number of phenolic OH excluding ortho intramolecular Hbond substituents is 1. The second kappa shape index (κ2) is 3.35. The van der Waals surface area contributed by atoms with Gasteiger partial charge in [-0.25, -0.2) is 0 Å². The third-order valence-electron chi connectivity index (χ3n) is 1.73. The van der Waals surface area contributed by atoms with E-state index in [0.717, 1.165) is 0 Å². The number of nitrogen functional groups attached to an aromatic ring is 1. The number of methoxy groups -OCH3 is 1. The highest BCUT2D eigenvalue weighted by Gasteiger charge is 2.10. The number of carbonyl (C=O) groups is 1. The van der Waals surface area contributed by atoms with Crippen molar-refractivity contribution >= 4 is 11.5 Å². The molecule has 0 fully saturated rings. The van der Waals surface area contributed by atoms with Crippen LogP contribution < -0.4 is 10.5 Å². The Kier molecular flexibility index (Phi) is 2.41. The van der Waals surface area contributed by atoms with Crippen molar-refractivity contribution in [3.8, 4) is 11.5 Å². The van der Waals surface area contributed by atoms with Gasteiger partial charge in [0.05, 0.1) is 18.4 Å². The lowest BCUT2D eigenvalue weighted by Gasteiger charge is -2.07. The van der Waals surface area contributed by atoms with E-state index in [-0.39, 0.29) is 17.1 Å². The molecule has 4 heteroatoms. The molecule has 0 aliphatic heterocycles. The number of rotatable bonds is 2. The zero-order chi connectivity index (χ0) is 10.0. The van der Waals surface area contributed by atoms with Crippen LogP contribution in [0, 0.1) is 0 Å². The summed E-state index contributed by atoms with van der Waals surface area (Å²) in [7, 11) is 1.44. The van der Waals surface area contributed by atoms with Crippen LogP contribution in [-0.4, -0.2) is 18.0 Å².